The van der Waals surface area contributed by atoms with E-state index in [1.807, 2.05) is 19.1 Å². The Balaban J connectivity index is 2.10. The van der Waals surface area contributed by atoms with Crippen LogP contribution in [0.1, 0.15) is 18.1 Å². The second-order valence-electron chi connectivity index (χ2n) is 4.85. The first-order valence-corrected chi connectivity index (χ1v) is 8.33. The molecule has 0 saturated carbocycles. The highest BCUT2D eigenvalue weighted by molar-refractivity contribution is 14.1. The molecule has 0 saturated heterocycles. The molecule has 0 aliphatic heterocycles. The highest BCUT2D eigenvalue weighted by Gasteiger charge is 2.07. The van der Waals surface area contributed by atoms with Crippen molar-refractivity contribution in [2.24, 2.45) is 5.73 Å². The van der Waals surface area contributed by atoms with Crippen LogP contribution >= 0.6 is 38.5 Å². The summed E-state index contributed by atoms with van der Waals surface area (Å²) in [6.07, 6.45) is 0.807. The molecule has 0 bridgehead atoms. The molecule has 2 aromatic rings. The molecule has 0 heterocycles. The molecule has 0 aromatic heterocycles. The van der Waals surface area contributed by atoms with E-state index in [4.69, 9.17) is 10.5 Å². The van der Waals surface area contributed by atoms with Gasteiger partial charge in [-0.1, -0.05) is 28.1 Å². The molecule has 0 amide bonds. The fourth-order valence-electron chi connectivity index (χ4n) is 1.94. The molecule has 20 heavy (non-hydrogen) atoms. The van der Waals surface area contributed by atoms with Crippen LogP contribution in [0.3, 0.4) is 0 Å². The molecular formula is C16H17BrINO. The van der Waals surface area contributed by atoms with Crippen molar-refractivity contribution >= 4 is 38.5 Å². The van der Waals surface area contributed by atoms with Crippen molar-refractivity contribution in [3.63, 3.8) is 0 Å². The van der Waals surface area contributed by atoms with Crippen molar-refractivity contribution in [1.82, 2.24) is 0 Å². The van der Waals surface area contributed by atoms with Crippen molar-refractivity contribution in [3.8, 4) is 5.75 Å². The van der Waals surface area contributed by atoms with E-state index in [0.29, 0.717) is 6.61 Å². The average molecular weight is 446 g/mol. The van der Waals surface area contributed by atoms with E-state index in [1.165, 1.54) is 9.13 Å². The van der Waals surface area contributed by atoms with Gasteiger partial charge in [0, 0.05) is 14.1 Å². The molecule has 2 nitrogen and oxygen atoms in total. The van der Waals surface area contributed by atoms with Gasteiger partial charge in [-0.3, -0.25) is 0 Å². The minimum atomic E-state index is 0.116. The predicted molar refractivity (Wildman–Crippen MR) is 95.0 cm³/mol. The van der Waals surface area contributed by atoms with Crippen molar-refractivity contribution in [3.05, 3.63) is 61.6 Å². The first kappa shape index (κ1) is 15.8. The highest BCUT2D eigenvalue weighted by atomic mass is 127. The van der Waals surface area contributed by atoms with Gasteiger partial charge >= 0.3 is 0 Å². The Kier molecular flexibility index (Phi) is 5.86. The minimum absolute atomic E-state index is 0.116. The molecule has 2 rings (SSSR count). The van der Waals surface area contributed by atoms with Gasteiger partial charge in [0.2, 0.25) is 0 Å². The van der Waals surface area contributed by atoms with E-state index in [-0.39, 0.29) is 6.04 Å². The maximum atomic E-state index is 5.94. The molecule has 0 aliphatic rings. The van der Waals surface area contributed by atoms with E-state index in [1.54, 1.807) is 0 Å². The van der Waals surface area contributed by atoms with Crippen LogP contribution in [-0.2, 0) is 13.0 Å². The van der Waals surface area contributed by atoms with E-state index in [2.05, 4.69) is 68.9 Å². The van der Waals surface area contributed by atoms with Crippen molar-refractivity contribution in [2.45, 2.75) is 26.0 Å². The largest absolute Gasteiger partial charge is 0.489 e. The SMILES string of the molecule is CC(N)Cc1cc(Br)ccc1OCc1ccc(I)cc1. The Morgan fingerprint density at radius 3 is 2.55 bits per heavy atom. The number of hydrogen-bond donors (Lipinski definition) is 1. The summed E-state index contributed by atoms with van der Waals surface area (Å²) in [7, 11) is 0. The fraction of sp³-hybridized carbons (Fsp3) is 0.250. The van der Waals surface area contributed by atoms with E-state index in [9.17, 15) is 0 Å². The lowest BCUT2D eigenvalue weighted by Crippen LogP contribution is -2.18. The highest BCUT2D eigenvalue weighted by Crippen LogP contribution is 2.25. The summed E-state index contributed by atoms with van der Waals surface area (Å²) in [4.78, 5) is 0. The van der Waals surface area contributed by atoms with Gasteiger partial charge in [-0.2, -0.15) is 0 Å². The van der Waals surface area contributed by atoms with Crippen LogP contribution in [-0.4, -0.2) is 6.04 Å². The van der Waals surface area contributed by atoms with Gasteiger partial charge in [-0.25, -0.2) is 0 Å². The summed E-state index contributed by atoms with van der Waals surface area (Å²) in [5, 5.41) is 0. The van der Waals surface area contributed by atoms with Gasteiger partial charge in [0.05, 0.1) is 0 Å². The zero-order valence-electron chi connectivity index (χ0n) is 11.3. The molecule has 0 aliphatic carbocycles. The number of hydrogen-bond acceptors (Lipinski definition) is 2. The lowest BCUT2D eigenvalue weighted by atomic mass is 10.1. The summed E-state index contributed by atoms with van der Waals surface area (Å²) < 4.78 is 8.22. The second kappa shape index (κ2) is 7.43. The second-order valence-corrected chi connectivity index (χ2v) is 7.01. The van der Waals surface area contributed by atoms with Crippen LogP contribution in [0.4, 0.5) is 0 Å². The Morgan fingerprint density at radius 1 is 1.20 bits per heavy atom. The normalized spacial score (nSPS) is 12.2. The molecule has 4 heteroatoms. The zero-order valence-corrected chi connectivity index (χ0v) is 15.0. The average Bonchev–Trinajstić information content (AvgIpc) is 2.39. The monoisotopic (exact) mass is 445 g/mol. The van der Waals surface area contributed by atoms with Gasteiger partial charge in [0.15, 0.2) is 0 Å². The molecule has 0 radical (unpaired) electrons. The molecule has 2 N–H and O–H groups in total. The standard InChI is InChI=1S/C16H17BrINO/c1-11(19)8-13-9-14(17)4-7-16(13)20-10-12-2-5-15(18)6-3-12/h2-7,9,11H,8,10,19H2,1H3. The molecule has 0 fully saturated rings. The molecule has 1 unspecified atom stereocenters. The first-order chi connectivity index (χ1) is 9.54. The van der Waals surface area contributed by atoms with Crippen LogP contribution in [0.15, 0.2) is 46.9 Å². The quantitative estimate of drug-likeness (QED) is 0.686. The maximum absolute atomic E-state index is 5.94. The Morgan fingerprint density at radius 2 is 1.90 bits per heavy atom. The summed E-state index contributed by atoms with van der Waals surface area (Å²) in [6, 6.07) is 14.5. The minimum Gasteiger partial charge on any atom is -0.489 e. The van der Waals surface area contributed by atoms with Crippen LogP contribution in [0, 0.1) is 3.57 Å². The molecule has 106 valence electrons. The van der Waals surface area contributed by atoms with Gasteiger partial charge in [-0.05, 0) is 77.4 Å². The fourth-order valence-corrected chi connectivity index (χ4v) is 2.71. The third-order valence-electron chi connectivity index (χ3n) is 2.87. The number of ether oxygens (including phenoxy) is 1. The summed E-state index contributed by atoms with van der Waals surface area (Å²) in [5.74, 6) is 0.907. The maximum Gasteiger partial charge on any atom is 0.123 e. The van der Waals surface area contributed by atoms with Crippen molar-refractivity contribution in [2.75, 3.05) is 0 Å². The van der Waals surface area contributed by atoms with E-state index >= 15 is 0 Å². The number of nitrogens with two attached hydrogens (primary N) is 1. The topological polar surface area (TPSA) is 35.2 Å². The lowest BCUT2D eigenvalue weighted by molar-refractivity contribution is 0.302. The Hall–Kier alpha value is -0.590. The predicted octanol–water partition coefficient (Wildman–Crippen LogP) is 4.52. The summed E-state index contributed by atoms with van der Waals surface area (Å²) >= 11 is 5.79. The Bertz CT molecular complexity index is 569. The molecule has 2 aromatic carbocycles. The zero-order chi connectivity index (χ0) is 14.5. The third-order valence-corrected chi connectivity index (χ3v) is 4.08. The third kappa shape index (κ3) is 4.75. The van der Waals surface area contributed by atoms with Crippen molar-refractivity contribution in [1.29, 1.82) is 0 Å². The summed E-state index contributed by atoms with van der Waals surface area (Å²) in [5.41, 5.74) is 8.20. The van der Waals surface area contributed by atoms with E-state index in [0.717, 1.165) is 22.2 Å². The van der Waals surface area contributed by atoms with Gasteiger partial charge < -0.3 is 10.5 Å². The van der Waals surface area contributed by atoms with Crippen LogP contribution in [0.2, 0.25) is 0 Å². The number of rotatable bonds is 5. The molecule has 1 atom stereocenters. The van der Waals surface area contributed by atoms with Crippen LogP contribution in [0.25, 0.3) is 0 Å². The van der Waals surface area contributed by atoms with Gasteiger partial charge in [0.25, 0.3) is 0 Å². The molecular weight excluding hydrogens is 429 g/mol. The van der Waals surface area contributed by atoms with Crippen LogP contribution in [0.5, 0.6) is 5.75 Å². The van der Waals surface area contributed by atoms with E-state index < -0.39 is 0 Å². The van der Waals surface area contributed by atoms with Crippen LogP contribution < -0.4 is 10.5 Å². The van der Waals surface area contributed by atoms with Gasteiger partial charge in [0.1, 0.15) is 12.4 Å². The van der Waals surface area contributed by atoms with Gasteiger partial charge in [-0.15, -0.1) is 0 Å². The Labute approximate surface area is 142 Å². The number of halogens is 2. The number of benzene rings is 2. The first-order valence-electron chi connectivity index (χ1n) is 6.46. The smallest absolute Gasteiger partial charge is 0.123 e. The molecule has 0 spiro atoms. The summed E-state index contributed by atoms with van der Waals surface area (Å²) in [6.45, 7) is 2.58. The lowest BCUT2D eigenvalue weighted by Gasteiger charge is -2.14. The van der Waals surface area contributed by atoms with Crippen molar-refractivity contribution < 1.29 is 4.74 Å².